The van der Waals surface area contributed by atoms with E-state index in [-0.39, 0.29) is 17.3 Å². The van der Waals surface area contributed by atoms with Crippen LogP contribution in [0.15, 0.2) is 42.6 Å². The summed E-state index contributed by atoms with van der Waals surface area (Å²) in [4.78, 5) is 13.1. The number of hydrogen-bond donors (Lipinski definition) is 4. The Balaban J connectivity index is 1.38. The molecular formula is C24H28ClN9O3. The topological polar surface area (TPSA) is 148 Å². The second-order valence-corrected chi connectivity index (χ2v) is 10.2. The molecule has 5 rings (SSSR count). The van der Waals surface area contributed by atoms with Gasteiger partial charge in [0.1, 0.15) is 16.4 Å². The van der Waals surface area contributed by atoms with Gasteiger partial charge in [0.2, 0.25) is 5.95 Å². The lowest BCUT2D eigenvalue weighted by atomic mass is 9.90. The third kappa shape index (κ3) is 5.08. The number of aliphatic hydroxyl groups is 1. The van der Waals surface area contributed by atoms with Crippen molar-refractivity contribution in [1.82, 2.24) is 34.4 Å². The summed E-state index contributed by atoms with van der Waals surface area (Å²) in [7, 11) is 1.78. The first-order valence-corrected chi connectivity index (χ1v) is 12.1. The highest BCUT2D eigenvalue weighted by Crippen LogP contribution is 2.35. The van der Waals surface area contributed by atoms with Gasteiger partial charge in [0.05, 0.1) is 37.8 Å². The van der Waals surface area contributed by atoms with Crippen molar-refractivity contribution < 1.29 is 14.6 Å². The highest BCUT2D eigenvalue weighted by atomic mass is 35.5. The minimum absolute atomic E-state index is 0.107. The smallest absolute Gasteiger partial charge is 0.210 e. The number of nitrogens with zero attached hydrogens (tertiary/aromatic N) is 6. The van der Waals surface area contributed by atoms with Crippen molar-refractivity contribution in [2.45, 2.75) is 32.9 Å². The second-order valence-electron chi connectivity index (χ2n) is 9.83. The summed E-state index contributed by atoms with van der Waals surface area (Å²) in [5, 5.41) is 29.6. The van der Waals surface area contributed by atoms with Gasteiger partial charge in [0.15, 0.2) is 22.8 Å². The number of amidine groups is 1. The van der Waals surface area contributed by atoms with E-state index in [4.69, 9.17) is 26.5 Å². The molecule has 13 heteroatoms. The van der Waals surface area contributed by atoms with E-state index < -0.39 is 6.10 Å². The number of aliphatic hydroxyl groups excluding tert-OH is 1. The van der Waals surface area contributed by atoms with E-state index in [1.165, 1.54) is 6.20 Å². The molecule has 37 heavy (non-hydrogen) atoms. The standard InChI is InChI=1S/C24H28ClN9O3/c1-24(2,3)17(30-14-11-36-12-15(14)35)8-18(26)31-23-32-22-21(33(23)4)20(25)16(10-28-22)37-13-7-19-27-5-6-34(19)29-9-13/h5-10,14-15,30,35H,11-12H2,1-4H3,(H2,26,28,31,32)/b17-8-/t14?,15-/m0/s1. The van der Waals surface area contributed by atoms with Crippen LogP contribution in [-0.2, 0) is 11.8 Å². The van der Waals surface area contributed by atoms with E-state index in [0.29, 0.717) is 52.5 Å². The number of imidazole rings is 2. The molecule has 0 amide bonds. The van der Waals surface area contributed by atoms with Crippen LogP contribution in [0.5, 0.6) is 11.5 Å². The van der Waals surface area contributed by atoms with E-state index in [9.17, 15) is 5.11 Å². The van der Waals surface area contributed by atoms with Crippen molar-refractivity contribution >= 4 is 40.2 Å². The predicted molar refractivity (Wildman–Crippen MR) is 139 cm³/mol. The molecule has 194 valence electrons. The van der Waals surface area contributed by atoms with Crippen molar-refractivity contribution in [3.63, 3.8) is 0 Å². The second kappa shape index (κ2) is 9.61. The summed E-state index contributed by atoms with van der Waals surface area (Å²) < 4.78 is 14.6. The Labute approximate surface area is 217 Å². The van der Waals surface area contributed by atoms with Crippen LogP contribution in [0, 0.1) is 10.8 Å². The van der Waals surface area contributed by atoms with Crippen molar-refractivity contribution in [3.05, 3.63) is 47.6 Å². The summed E-state index contributed by atoms with van der Waals surface area (Å²) >= 11 is 6.69. The highest BCUT2D eigenvalue weighted by Gasteiger charge is 2.29. The molecule has 0 radical (unpaired) electrons. The van der Waals surface area contributed by atoms with Crippen molar-refractivity contribution in [3.8, 4) is 11.5 Å². The minimum atomic E-state index is -0.602. The number of pyridine rings is 1. The van der Waals surface area contributed by atoms with Crippen molar-refractivity contribution in [2.75, 3.05) is 18.5 Å². The molecule has 0 saturated carbocycles. The SMILES string of the molecule is Cn1c(NC(=N)/C=C(\NC2COC[C@@H]2O)C(C)(C)C)nc2ncc(Oc3cnn4ccnc4c3)c(Cl)c21. The first kappa shape index (κ1) is 24.9. The average Bonchev–Trinajstić information content (AvgIpc) is 3.54. The zero-order valence-corrected chi connectivity index (χ0v) is 21.6. The van der Waals surface area contributed by atoms with Gasteiger partial charge in [-0.1, -0.05) is 32.4 Å². The molecule has 4 N–H and O–H groups in total. The Kier molecular flexibility index (Phi) is 6.48. The Hall–Kier alpha value is -3.74. The maximum atomic E-state index is 10.1. The maximum Gasteiger partial charge on any atom is 0.210 e. The van der Waals surface area contributed by atoms with Gasteiger partial charge >= 0.3 is 0 Å². The Bertz CT molecular complexity index is 1500. The summed E-state index contributed by atoms with van der Waals surface area (Å²) in [5.41, 5.74) is 2.08. The highest BCUT2D eigenvalue weighted by molar-refractivity contribution is 6.36. The van der Waals surface area contributed by atoms with Crippen LogP contribution in [0.1, 0.15) is 20.8 Å². The molecule has 4 aromatic heterocycles. The summed E-state index contributed by atoms with van der Waals surface area (Å²) in [6.45, 7) is 6.78. The van der Waals surface area contributed by atoms with Crippen molar-refractivity contribution in [2.24, 2.45) is 12.5 Å². The van der Waals surface area contributed by atoms with Gasteiger partial charge in [-0.3, -0.25) is 5.41 Å². The van der Waals surface area contributed by atoms with Crippen LogP contribution in [0.25, 0.3) is 16.8 Å². The van der Waals surface area contributed by atoms with E-state index >= 15 is 0 Å². The molecule has 4 aromatic rings. The lowest BCUT2D eigenvalue weighted by Gasteiger charge is -2.28. The van der Waals surface area contributed by atoms with Gasteiger partial charge in [-0.15, -0.1) is 0 Å². The molecule has 0 spiro atoms. The van der Waals surface area contributed by atoms with Crippen LogP contribution in [0.2, 0.25) is 5.02 Å². The first-order chi connectivity index (χ1) is 17.6. The van der Waals surface area contributed by atoms with Crippen LogP contribution >= 0.6 is 11.6 Å². The summed E-state index contributed by atoms with van der Waals surface area (Å²) in [6.07, 6.45) is 7.54. The molecule has 1 aliphatic heterocycles. The summed E-state index contributed by atoms with van der Waals surface area (Å²) in [6, 6.07) is 1.51. The molecule has 1 unspecified atom stereocenters. The van der Waals surface area contributed by atoms with Crippen molar-refractivity contribution in [1.29, 1.82) is 5.41 Å². The molecule has 1 fully saturated rings. The number of fused-ring (bicyclic) bond motifs is 2. The molecule has 5 heterocycles. The number of ether oxygens (including phenoxy) is 2. The molecule has 1 aliphatic rings. The Morgan fingerprint density at radius 2 is 2.11 bits per heavy atom. The molecular weight excluding hydrogens is 498 g/mol. The fourth-order valence-corrected chi connectivity index (χ4v) is 4.23. The van der Waals surface area contributed by atoms with Gasteiger partial charge in [-0.25, -0.2) is 14.5 Å². The normalized spacial score (nSPS) is 18.5. The number of anilines is 1. The number of allylic oxidation sites excluding steroid dienone is 1. The van der Waals surface area contributed by atoms with E-state index in [1.54, 1.807) is 46.9 Å². The maximum absolute atomic E-state index is 10.1. The molecule has 12 nitrogen and oxygen atoms in total. The molecule has 0 aliphatic carbocycles. The Morgan fingerprint density at radius 3 is 2.84 bits per heavy atom. The minimum Gasteiger partial charge on any atom is -0.452 e. The van der Waals surface area contributed by atoms with Crippen LogP contribution in [0.3, 0.4) is 0 Å². The quantitative estimate of drug-likeness (QED) is 0.220. The summed E-state index contributed by atoms with van der Waals surface area (Å²) in [5.74, 6) is 1.30. The lowest BCUT2D eigenvalue weighted by molar-refractivity contribution is 0.122. The zero-order valence-electron chi connectivity index (χ0n) is 20.9. The van der Waals surface area contributed by atoms with Crippen LogP contribution in [0.4, 0.5) is 5.95 Å². The van der Waals surface area contributed by atoms with E-state index in [1.807, 2.05) is 20.8 Å². The molecule has 0 aromatic carbocycles. The number of halogens is 1. The number of rotatable bonds is 6. The number of aryl methyl sites for hydroxylation is 1. The van der Waals surface area contributed by atoms with Gasteiger partial charge in [0.25, 0.3) is 0 Å². The van der Waals surface area contributed by atoms with E-state index in [0.717, 1.165) is 5.70 Å². The van der Waals surface area contributed by atoms with Crippen LogP contribution < -0.4 is 15.4 Å². The number of aromatic nitrogens is 6. The largest absolute Gasteiger partial charge is 0.452 e. The molecule has 1 saturated heterocycles. The lowest BCUT2D eigenvalue weighted by Crippen LogP contribution is -2.41. The third-order valence-electron chi connectivity index (χ3n) is 6.00. The zero-order chi connectivity index (χ0) is 26.3. The Morgan fingerprint density at radius 1 is 1.30 bits per heavy atom. The fraction of sp³-hybridized carbons (Fsp3) is 0.375. The van der Waals surface area contributed by atoms with Gasteiger partial charge in [-0.2, -0.15) is 10.1 Å². The van der Waals surface area contributed by atoms with Gasteiger partial charge in [-0.05, 0) is 6.08 Å². The van der Waals surface area contributed by atoms with Gasteiger partial charge in [0, 0.05) is 36.6 Å². The average molecular weight is 526 g/mol. The number of nitrogens with one attached hydrogen (secondary N) is 3. The predicted octanol–water partition coefficient (Wildman–Crippen LogP) is 3.13. The third-order valence-corrected chi connectivity index (χ3v) is 6.36. The molecule has 0 bridgehead atoms. The van der Waals surface area contributed by atoms with Crippen LogP contribution in [-0.4, -0.2) is 65.4 Å². The monoisotopic (exact) mass is 525 g/mol. The first-order valence-electron chi connectivity index (χ1n) is 11.7. The van der Waals surface area contributed by atoms with Gasteiger partial charge < -0.3 is 29.8 Å². The number of hydrogen-bond acceptors (Lipinski definition) is 9. The molecule has 2 atom stereocenters. The van der Waals surface area contributed by atoms with E-state index in [2.05, 4.69) is 30.7 Å². The fourth-order valence-electron chi connectivity index (χ4n) is 3.93.